The SMILES string of the molecule is CC1C(C)C1(Cl)C(Cl)=C(Cl)Cl. The first-order valence-corrected chi connectivity index (χ1v) is 4.83. The maximum Gasteiger partial charge on any atom is 0.123 e. The highest BCUT2D eigenvalue weighted by Crippen LogP contribution is 2.61. The summed E-state index contributed by atoms with van der Waals surface area (Å²) in [6.45, 7) is 4.05. The fourth-order valence-electron chi connectivity index (χ4n) is 1.27. The number of rotatable bonds is 1. The van der Waals surface area contributed by atoms with E-state index in [4.69, 9.17) is 46.4 Å². The third-order valence-corrected chi connectivity index (χ3v) is 4.52. The van der Waals surface area contributed by atoms with Gasteiger partial charge in [-0.1, -0.05) is 48.7 Å². The summed E-state index contributed by atoms with van der Waals surface area (Å²) in [6.07, 6.45) is 0. The molecule has 0 nitrogen and oxygen atoms in total. The molecule has 4 heteroatoms. The molecule has 64 valence electrons. The van der Waals surface area contributed by atoms with Gasteiger partial charge in [0, 0.05) is 0 Å². The highest BCUT2D eigenvalue weighted by atomic mass is 35.5. The summed E-state index contributed by atoms with van der Waals surface area (Å²) in [5.41, 5.74) is 0. The van der Waals surface area contributed by atoms with Gasteiger partial charge in [-0.05, 0) is 11.8 Å². The van der Waals surface area contributed by atoms with Crippen molar-refractivity contribution in [3.05, 3.63) is 9.52 Å². The second-order valence-electron chi connectivity index (χ2n) is 2.92. The molecule has 0 heterocycles. The molecule has 0 aliphatic heterocycles. The summed E-state index contributed by atoms with van der Waals surface area (Å²) < 4.78 is 0.0814. The molecule has 0 N–H and O–H groups in total. The minimum absolute atomic E-state index is 0.0814. The van der Waals surface area contributed by atoms with E-state index in [0.29, 0.717) is 16.9 Å². The van der Waals surface area contributed by atoms with Crippen LogP contribution in [-0.2, 0) is 0 Å². The van der Waals surface area contributed by atoms with E-state index in [1.807, 2.05) is 13.8 Å². The van der Waals surface area contributed by atoms with Crippen molar-refractivity contribution in [3.63, 3.8) is 0 Å². The van der Waals surface area contributed by atoms with Crippen LogP contribution in [0.5, 0.6) is 0 Å². The van der Waals surface area contributed by atoms with Crippen molar-refractivity contribution in [1.82, 2.24) is 0 Å². The van der Waals surface area contributed by atoms with Gasteiger partial charge >= 0.3 is 0 Å². The second-order valence-corrected chi connectivity index (χ2v) is 4.87. The fraction of sp³-hybridized carbons (Fsp3) is 0.714. The predicted octanol–water partition coefficient (Wildman–Crippen LogP) is 4.14. The zero-order valence-corrected chi connectivity index (χ0v) is 9.19. The molecule has 0 radical (unpaired) electrons. The largest absolute Gasteiger partial charge is 0.123 e. The van der Waals surface area contributed by atoms with E-state index in [1.54, 1.807) is 0 Å². The molecule has 2 atom stereocenters. The van der Waals surface area contributed by atoms with Gasteiger partial charge in [0.1, 0.15) is 4.49 Å². The van der Waals surface area contributed by atoms with E-state index in [2.05, 4.69) is 0 Å². The Morgan fingerprint density at radius 3 is 1.55 bits per heavy atom. The molecular formula is C7H8Cl4. The van der Waals surface area contributed by atoms with Crippen LogP contribution in [0.2, 0.25) is 0 Å². The van der Waals surface area contributed by atoms with E-state index in [9.17, 15) is 0 Å². The summed E-state index contributed by atoms with van der Waals surface area (Å²) in [7, 11) is 0. The normalized spacial score (nSPS) is 42.0. The smallest absolute Gasteiger partial charge is 0.112 e. The van der Waals surface area contributed by atoms with Gasteiger partial charge in [-0.2, -0.15) is 0 Å². The van der Waals surface area contributed by atoms with E-state index < -0.39 is 4.87 Å². The van der Waals surface area contributed by atoms with E-state index in [0.717, 1.165) is 0 Å². The maximum atomic E-state index is 6.13. The van der Waals surface area contributed by atoms with Crippen LogP contribution < -0.4 is 0 Å². The van der Waals surface area contributed by atoms with Crippen molar-refractivity contribution >= 4 is 46.4 Å². The Morgan fingerprint density at radius 2 is 1.45 bits per heavy atom. The molecule has 0 aromatic carbocycles. The van der Waals surface area contributed by atoms with Gasteiger partial charge in [-0.15, -0.1) is 11.6 Å². The number of allylic oxidation sites excluding steroid dienone is 1. The van der Waals surface area contributed by atoms with Crippen molar-refractivity contribution < 1.29 is 0 Å². The lowest BCUT2D eigenvalue weighted by Crippen LogP contribution is -2.03. The summed E-state index contributed by atoms with van der Waals surface area (Å²) in [6, 6.07) is 0. The van der Waals surface area contributed by atoms with E-state index in [-0.39, 0.29) is 4.49 Å². The average molecular weight is 234 g/mol. The van der Waals surface area contributed by atoms with Crippen LogP contribution in [-0.4, -0.2) is 4.87 Å². The summed E-state index contributed by atoms with van der Waals surface area (Å²) in [4.78, 5) is -0.500. The molecule has 1 saturated carbocycles. The number of hydrogen-bond donors (Lipinski definition) is 0. The quantitative estimate of drug-likeness (QED) is 0.598. The fourth-order valence-corrected chi connectivity index (χ4v) is 2.43. The number of hydrogen-bond acceptors (Lipinski definition) is 0. The first-order chi connectivity index (χ1) is 4.92. The molecular weight excluding hydrogens is 226 g/mol. The lowest BCUT2D eigenvalue weighted by Gasteiger charge is -2.05. The monoisotopic (exact) mass is 232 g/mol. The van der Waals surface area contributed by atoms with Crippen LogP contribution in [0.3, 0.4) is 0 Å². The molecule has 0 aromatic heterocycles. The minimum Gasteiger partial charge on any atom is -0.112 e. The Hall–Kier alpha value is 0.900. The highest BCUT2D eigenvalue weighted by Gasteiger charge is 2.61. The minimum atomic E-state index is -0.500. The Kier molecular flexibility index (Phi) is 2.71. The maximum absolute atomic E-state index is 6.13. The summed E-state index contributed by atoms with van der Waals surface area (Å²) in [5, 5.41) is 0.377. The second kappa shape index (κ2) is 2.99. The Morgan fingerprint density at radius 1 is 1.09 bits per heavy atom. The van der Waals surface area contributed by atoms with Crippen molar-refractivity contribution in [2.45, 2.75) is 18.7 Å². The van der Waals surface area contributed by atoms with Crippen LogP contribution >= 0.6 is 46.4 Å². The molecule has 11 heavy (non-hydrogen) atoms. The first kappa shape index (κ1) is 9.98. The van der Waals surface area contributed by atoms with Crippen molar-refractivity contribution in [2.24, 2.45) is 11.8 Å². The van der Waals surface area contributed by atoms with Gasteiger partial charge in [-0.3, -0.25) is 0 Å². The molecule has 0 saturated heterocycles. The molecule has 1 aliphatic carbocycles. The Bertz CT molecular complexity index is 196. The third kappa shape index (κ3) is 1.39. The van der Waals surface area contributed by atoms with Crippen LogP contribution in [0.15, 0.2) is 9.52 Å². The molecule has 1 fully saturated rings. The van der Waals surface area contributed by atoms with Crippen LogP contribution in [0.25, 0.3) is 0 Å². The predicted molar refractivity (Wildman–Crippen MR) is 51.5 cm³/mol. The first-order valence-electron chi connectivity index (χ1n) is 3.32. The van der Waals surface area contributed by atoms with Gasteiger partial charge in [0.25, 0.3) is 0 Å². The van der Waals surface area contributed by atoms with E-state index >= 15 is 0 Å². The van der Waals surface area contributed by atoms with Crippen molar-refractivity contribution in [2.75, 3.05) is 0 Å². The van der Waals surface area contributed by atoms with Gasteiger partial charge in [0.05, 0.1) is 9.91 Å². The lowest BCUT2D eigenvalue weighted by atomic mass is 10.3. The van der Waals surface area contributed by atoms with Gasteiger partial charge < -0.3 is 0 Å². The molecule has 1 rings (SSSR count). The third-order valence-electron chi connectivity index (χ3n) is 2.47. The van der Waals surface area contributed by atoms with Gasteiger partial charge in [-0.25, -0.2) is 0 Å². The standard InChI is InChI=1S/C7H8Cl4/c1-3-4(2)7(3,11)5(8)6(9)10/h3-4H,1-2H3. The Balaban J connectivity index is 2.87. The van der Waals surface area contributed by atoms with Gasteiger partial charge in [0.15, 0.2) is 0 Å². The summed E-state index contributed by atoms with van der Waals surface area (Å²) >= 11 is 23.0. The van der Waals surface area contributed by atoms with Gasteiger partial charge in [0.2, 0.25) is 0 Å². The van der Waals surface area contributed by atoms with Crippen molar-refractivity contribution in [3.8, 4) is 0 Å². The molecule has 0 aromatic rings. The van der Waals surface area contributed by atoms with Crippen LogP contribution in [0, 0.1) is 11.8 Å². The Labute approximate surface area is 86.4 Å². The van der Waals surface area contributed by atoms with Crippen molar-refractivity contribution in [1.29, 1.82) is 0 Å². The van der Waals surface area contributed by atoms with Crippen LogP contribution in [0.1, 0.15) is 13.8 Å². The molecule has 1 aliphatic rings. The topological polar surface area (TPSA) is 0 Å². The zero-order valence-electron chi connectivity index (χ0n) is 6.17. The summed E-state index contributed by atoms with van der Waals surface area (Å²) in [5.74, 6) is 0.702. The number of halogens is 4. The molecule has 0 amide bonds. The average Bonchev–Trinajstić information content (AvgIpc) is 2.41. The zero-order chi connectivity index (χ0) is 8.81. The van der Waals surface area contributed by atoms with E-state index in [1.165, 1.54) is 0 Å². The molecule has 2 unspecified atom stereocenters. The lowest BCUT2D eigenvalue weighted by molar-refractivity contribution is 0.834. The van der Waals surface area contributed by atoms with Crippen LogP contribution in [0.4, 0.5) is 0 Å². The molecule has 0 spiro atoms. The number of alkyl halides is 1. The highest BCUT2D eigenvalue weighted by molar-refractivity contribution is 6.60. The molecule has 0 bridgehead atoms.